The first-order valence-electron chi connectivity index (χ1n) is 8.95. The Balaban J connectivity index is 1.40. The summed E-state index contributed by atoms with van der Waals surface area (Å²) in [4.78, 5) is 39.8. The first kappa shape index (κ1) is 17.1. The van der Waals surface area contributed by atoms with E-state index < -0.39 is 11.8 Å². The smallest absolute Gasteiger partial charge is 0.346 e. The van der Waals surface area contributed by atoms with E-state index in [1.807, 2.05) is 24.3 Å². The average molecular weight is 368 g/mol. The lowest BCUT2D eigenvalue weighted by Crippen LogP contribution is -2.44. The highest BCUT2D eigenvalue weighted by Gasteiger charge is 2.18. The summed E-state index contributed by atoms with van der Waals surface area (Å²) < 4.78 is 2.78. The number of nitrogens with one attached hydrogen (secondary N) is 3. The Hall–Kier alpha value is -3.36. The number of hydrogen-bond acceptors (Lipinski definition) is 4. The molecular weight excluding hydrogens is 348 g/mol. The maximum atomic E-state index is 12.4. The fourth-order valence-electron chi connectivity index (χ4n) is 3.36. The molecular formula is C18H20N6O3. The zero-order chi connectivity index (χ0) is 18.8. The summed E-state index contributed by atoms with van der Waals surface area (Å²) >= 11 is 0. The molecule has 3 N–H and O–H groups in total. The number of amides is 2. The number of hydrogen-bond donors (Lipinski definition) is 3. The second-order valence-electron chi connectivity index (χ2n) is 6.57. The summed E-state index contributed by atoms with van der Waals surface area (Å²) in [6.45, 7) is 0.389. The molecule has 0 unspecified atom stereocenters. The molecule has 0 radical (unpaired) electrons. The third kappa shape index (κ3) is 3.35. The Bertz CT molecular complexity index is 1060. The van der Waals surface area contributed by atoms with E-state index in [0.717, 1.165) is 41.3 Å². The van der Waals surface area contributed by atoms with Gasteiger partial charge in [-0.05, 0) is 18.9 Å². The molecule has 4 rings (SSSR count). The van der Waals surface area contributed by atoms with Gasteiger partial charge < -0.3 is 4.98 Å². The van der Waals surface area contributed by atoms with E-state index in [4.69, 9.17) is 0 Å². The van der Waals surface area contributed by atoms with Gasteiger partial charge in [0.15, 0.2) is 0 Å². The summed E-state index contributed by atoms with van der Waals surface area (Å²) in [5, 5.41) is 5.02. The molecule has 0 aliphatic carbocycles. The third-order valence-corrected chi connectivity index (χ3v) is 4.72. The Morgan fingerprint density at radius 1 is 1.15 bits per heavy atom. The monoisotopic (exact) mass is 368 g/mol. The molecule has 0 saturated carbocycles. The molecule has 3 aromatic rings. The van der Waals surface area contributed by atoms with Crippen molar-refractivity contribution in [1.82, 2.24) is 30.2 Å². The van der Waals surface area contributed by atoms with Gasteiger partial charge in [0.1, 0.15) is 12.4 Å². The molecule has 1 aliphatic heterocycles. The van der Waals surface area contributed by atoms with Crippen LogP contribution >= 0.6 is 0 Å². The SMILES string of the molecule is O=C(Cn1nc2n(c1=O)CCCCC2)NNC(=O)c1c[nH]c2ccccc12. The molecule has 0 atom stereocenters. The van der Waals surface area contributed by atoms with Gasteiger partial charge in [0.2, 0.25) is 0 Å². The van der Waals surface area contributed by atoms with Crippen LogP contribution in [-0.4, -0.2) is 31.1 Å². The Morgan fingerprint density at radius 3 is 2.89 bits per heavy atom. The number of benzene rings is 1. The maximum Gasteiger partial charge on any atom is 0.346 e. The number of nitrogens with zero attached hydrogens (tertiary/aromatic N) is 3. The van der Waals surface area contributed by atoms with E-state index in [0.29, 0.717) is 17.9 Å². The highest BCUT2D eigenvalue weighted by atomic mass is 16.2. The number of hydrazine groups is 1. The van der Waals surface area contributed by atoms with E-state index in [9.17, 15) is 14.4 Å². The van der Waals surface area contributed by atoms with Gasteiger partial charge in [-0.3, -0.25) is 25.0 Å². The van der Waals surface area contributed by atoms with Crippen LogP contribution < -0.4 is 16.5 Å². The minimum absolute atomic E-state index is 0.243. The van der Waals surface area contributed by atoms with Crippen LogP contribution in [0.4, 0.5) is 0 Å². The van der Waals surface area contributed by atoms with Crippen LogP contribution in [0.15, 0.2) is 35.3 Å². The predicted octanol–water partition coefficient (Wildman–Crippen LogP) is 0.714. The summed E-state index contributed by atoms with van der Waals surface area (Å²) in [6, 6.07) is 7.38. The Morgan fingerprint density at radius 2 is 2.00 bits per heavy atom. The molecule has 0 bridgehead atoms. The molecule has 1 aliphatic rings. The largest absolute Gasteiger partial charge is 0.360 e. The van der Waals surface area contributed by atoms with E-state index in [1.165, 1.54) is 0 Å². The lowest BCUT2D eigenvalue weighted by molar-refractivity contribution is -0.122. The van der Waals surface area contributed by atoms with Gasteiger partial charge in [-0.2, -0.15) is 5.10 Å². The standard InChI is InChI=1S/C18H20N6O3/c25-16(11-24-18(27)23-9-5-1-2-8-15(23)22-24)20-21-17(26)13-10-19-14-7-4-3-6-12(13)14/h3-4,6-7,10,19H,1-2,5,8-9,11H2,(H,20,25)(H,21,26). The van der Waals surface area contributed by atoms with E-state index in [2.05, 4.69) is 20.9 Å². The molecule has 0 fully saturated rings. The van der Waals surface area contributed by atoms with Crippen LogP contribution in [0.25, 0.3) is 10.9 Å². The third-order valence-electron chi connectivity index (χ3n) is 4.72. The minimum Gasteiger partial charge on any atom is -0.360 e. The van der Waals surface area contributed by atoms with Crippen molar-refractivity contribution in [2.24, 2.45) is 0 Å². The van der Waals surface area contributed by atoms with Crippen molar-refractivity contribution < 1.29 is 9.59 Å². The van der Waals surface area contributed by atoms with Gasteiger partial charge in [0, 0.05) is 30.1 Å². The maximum absolute atomic E-state index is 12.4. The minimum atomic E-state index is -0.515. The van der Waals surface area contributed by atoms with Crippen molar-refractivity contribution in [1.29, 1.82) is 0 Å². The number of rotatable bonds is 3. The van der Waals surface area contributed by atoms with Crippen molar-refractivity contribution in [3.05, 3.63) is 52.3 Å². The van der Waals surface area contributed by atoms with Crippen LogP contribution in [-0.2, 0) is 24.3 Å². The summed E-state index contributed by atoms with van der Waals surface area (Å²) in [5.74, 6) is -0.236. The van der Waals surface area contributed by atoms with E-state index in [1.54, 1.807) is 10.8 Å². The number of para-hydroxylation sites is 1. The summed E-state index contributed by atoms with van der Waals surface area (Å²) in [5.41, 5.74) is 5.70. The highest BCUT2D eigenvalue weighted by molar-refractivity contribution is 6.07. The second-order valence-corrected chi connectivity index (χ2v) is 6.57. The summed E-state index contributed by atoms with van der Waals surface area (Å²) in [6.07, 6.45) is 5.32. The Labute approximate surface area is 154 Å². The fraction of sp³-hybridized carbons (Fsp3) is 0.333. The number of aromatic nitrogens is 4. The molecule has 2 aromatic heterocycles. The van der Waals surface area contributed by atoms with Crippen LogP contribution in [0.1, 0.15) is 35.4 Å². The zero-order valence-corrected chi connectivity index (χ0v) is 14.7. The van der Waals surface area contributed by atoms with Crippen LogP contribution in [0.5, 0.6) is 0 Å². The van der Waals surface area contributed by atoms with Gasteiger partial charge in [0.05, 0.1) is 5.56 Å². The highest BCUT2D eigenvalue weighted by Crippen LogP contribution is 2.17. The van der Waals surface area contributed by atoms with Crippen molar-refractivity contribution >= 4 is 22.7 Å². The number of aromatic amines is 1. The van der Waals surface area contributed by atoms with Crippen molar-refractivity contribution in [3.8, 4) is 0 Å². The lowest BCUT2D eigenvalue weighted by Gasteiger charge is -2.06. The van der Waals surface area contributed by atoms with E-state index in [-0.39, 0.29) is 12.2 Å². The van der Waals surface area contributed by atoms with Crippen molar-refractivity contribution in [2.45, 2.75) is 38.8 Å². The molecule has 0 spiro atoms. The molecule has 27 heavy (non-hydrogen) atoms. The fourth-order valence-corrected chi connectivity index (χ4v) is 3.36. The van der Waals surface area contributed by atoms with Gasteiger partial charge in [0.25, 0.3) is 11.8 Å². The van der Waals surface area contributed by atoms with Gasteiger partial charge in [-0.15, -0.1) is 0 Å². The number of carbonyl (C=O) groups excluding carboxylic acids is 2. The number of H-pyrrole nitrogens is 1. The van der Waals surface area contributed by atoms with Gasteiger partial charge in [-0.25, -0.2) is 9.48 Å². The van der Waals surface area contributed by atoms with E-state index >= 15 is 0 Å². The molecule has 3 heterocycles. The molecule has 2 amide bonds. The first-order valence-corrected chi connectivity index (χ1v) is 8.95. The number of aryl methyl sites for hydroxylation is 1. The number of carbonyl (C=O) groups is 2. The molecule has 9 heteroatoms. The molecule has 1 aromatic carbocycles. The van der Waals surface area contributed by atoms with Crippen LogP contribution in [0.2, 0.25) is 0 Å². The average Bonchev–Trinajstić information content (AvgIpc) is 3.13. The summed E-state index contributed by atoms with van der Waals surface area (Å²) in [7, 11) is 0. The lowest BCUT2D eigenvalue weighted by atomic mass is 10.2. The van der Waals surface area contributed by atoms with Gasteiger partial charge in [-0.1, -0.05) is 24.6 Å². The Kier molecular flexibility index (Phi) is 4.49. The van der Waals surface area contributed by atoms with Crippen molar-refractivity contribution in [3.63, 3.8) is 0 Å². The zero-order valence-electron chi connectivity index (χ0n) is 14.7. The molecule has 9 nitrogen and oxygen atoms in total. The topological polar surface area (TPSA) is 114 Å². The number of fused-ring (bicyclic) bond motifs is 2. The second kappa shape index (κ2) is 7.10. The molecule has 140 valence electrons. The normalized spacial score (nSPS) is 13.8. The molecule has 0 saturated heterocycles. The first-order chi connectivity index (χ1) is 13.1. The predicted molar refractivity (Wildman–Crippen MR) is 97.9 cm³/mol. The van der Waals surface area contributed by atoms with Crippen LogP contribution in [0, 0.1) is 0 Å². The van der Waals surface area contributed by atoms with Gasteiger partial charge >= 0.3 is 5.69 Å². The van der Waals surface area contributed by atoms with Crippen LogP contribution in [0.3, 0.4) is 0 Å². The quantitative estimate of drug-likeness (QED) is 0.591. The van der Waals surface area contributed by atoms with Crippen molar-refractivity contribution in [2.75, 3.05) is 0 Å².